The van der Waals surface area contributed by atoms with Gasteiger partial charge in [0.2, 0.25) is 0 Å². The highest BCUT2D eigenvalue weighted by atomic mass is 32.2. The normalized spacial score (nSPS) is 11.8. The number of rotatable bonds is 5. The van der Waals surface area contributed by atoms with Gasteiger partial charge in [0.15, 0.2) is 5.69 Å². The van der Waals surface area contributed by atoms with E-state index < -0.39 is 10.0 Å². The third-order valence-electron chi connectivity index (χ3n) is 5.48. The van der Waals surface area contributed by atoms with Crippen molar-refractivity contribution in [1.82, 2.24) is 19.6 Å². The van der Waals surface area contributed by atoms with Gasteiger partial charge in [-0.2, -0.15) is 0 Å². The van der Waals surface area contributed by atoms with Crippen molar-refractivity contribution in [1.29, 1.82) is 0 Å². The first kappa shape index (κ1) is 20.9. The molecule has 0 aliphatic heterocycles. The predicted molar refractivity (Wildman–Crippen MR) is 128 cm³/mol. The molecule has 2 aromatic heterocycles. The van der Waals surface area contributed by atoms with Crippen LogP contribution in [0.3, 0.4) is 0 Å². The van der Waals surface area contributed by atoms with E-state index in [1.165, 1.54) is 4.80 Å². The van der Waals surface area contributed by atoms with Gasteiger partial charge in [-0.05, 0) is 56.3 Å². The molecule has 2 heterocycles. The molecule has 0 saturated carbocycles. The fourth-order valence-electron chi connectivity index (χ4n) is 3.78. The summed E-state index contributed by atoms with van der Waals surface area (Å²) in [5.74, 6) is 0. The van der Waals surface area contributed by atoms with Crippen molar-refractivity contribution in [3.63, 3.8) is 0 Å². The lowest BCUT2D eigenvalue weighted by atomic mass is 10.2. The molecule has 0 amide bonds. The summed E-state index contributed by atoms with van der Waals surface area (Å²) in [5.41, 5.74) is 3.42. The van der Waals surface area contributed by atoms with E-state index in [4.69, 9.17) is 0 Å². The quantitative estimate of drug-likeness (QED) is 0.430. The predicted octanol–water partition coefficient (Wildman–Crippen LogP) is 3.86. The van der Waals surface area contributed by atoms with Gasteiger partial charge in [0.25, 0.3) is 15.6 Å². The molecule has 0 atom stereocenters. The molecule has 3 aromatic carbocycles. The molecule has 0 fully saturated rings. The smallest absolute Gasteiger partial charge is 0.278 e. The lowest BCUT2D eigenvalue weighted by molar-refractivity contribution is 0.601. The van der Waals surface area contributed by atoms with E-state index in [0.717, 1.165) is 10.9 Å². The highest BCUT2D eigenvalue weighted by Crippen LogP contribution is 2.23. The molecule has 0 aliphatic rings. The number of nitrogens with zero attached hydrogens (tertiary/aromatic N) is 4. The monoisotopic (exact) mass is 459 g/mol. The van der Waals surface area contributed by atoms with E-state index in [9.17, 15) is 13.2 Å². The van der Waals surface area contributed by atoms with Crippen LogP contribution in [0.15, 0.2) is 82.5 Å². The number of hydrogen-bond donors (Lipinski definition) is 1. The maximum atomic E-state index is 13.3. The molecule has 5 aromatic rings. The van der Waals surface area contributed by atoms with E-state index >= 15 is 0 Å². The molecular weight excluding hydrogens is 438 g/mol. The second-order valence-corrected chi connectivity index (χ2v) is 9.43. The van der Waals surface area contributed by atoms with Gasteiger partial charge in [0, 0.05) is 11.9 Å². The second kappa shape index (κ2) is 7.86. The van der Waals surface area contributed by atoms with Gasteiger partial charge in [-0.1, -0.05) is 35.9 Å². The zero-order valence-electron chi connectivity index (χ0n) is 18.1. The molecule has 0 saturated heterocycles. The molecule has 9 heteroatoms. The van der Waals surface area contributed by atoms with Gasteiger partial charge in [-0.3, -0.25) is 9.52 Å². The lowest BCUT2D eigenvalue weighted by Crippen LogP contribution is -2.25. The van der Waals surface area contributed by atoms with Crippen molar-refractivity contribution in [2.24, 2.45) is 0 Å². The fourth-order valence-corrected chi connectivity index (χ4v) is 4.83. The lowest BCUT2D eigenvalue weighted by Gasteiger charge is -2.13. The number of pyridine rings is 1. The maximum absolute atomic E-state index is 13.3. The molecule has 0 bridgehead atoms. The number of aromatic nitrogens is 4. The van der Waals surface area contributed by atoms with Gasteiger partial charge in [0.05, 0.1) is 16.1 Å². The molecule has 0 spiro atoms. The van der Waals surface area contributed by atoms with Crippen LogP contribution in [0, 0.1) is 6.92 Å². The van der Waals surface area contributed by atoms with E-state index in [1.807, 2.05) is 38.1 Å². The summed E-state index contributed by atoms with van der Waals surface area (Å²) in [5, 5.41) is 9.63. The van der Waals surface area contributed by atoms with E-state index in [2.05, 4.69) is 14.9 Å². The Morgan fingerprint density at radius 1 is 0.909 bits per heavy atom. The highest BCUT2D eigenvalue weighted by Gasteiger charge is 2.17. The van der Waals surface area contributed by atoms with E-state index in [1.54, 1.807) is 53.1 Å². The van der Waals surface area contributed by atoms with Gasteiger partial charge < -0.3 is 4.57 Å². The van der Waals surface area contributed by atoms with Crippen molar-refractivity contribution in [2.75, 3.05) is 4.72 Å². The first-order chi connectivity index (χ1) is 15.9. The first-order valence-electron chi connectivity index (χ1n) is 10.5. The Morgan fingerprint density at radius 3 is 2.21 bits per heavy atom. The van der Waals surface area contributed by atoms with Gasteiger partial charge in [-0.25, -0.2) is 8.42 Å². The first-order valence-corrected chi connectivity index (χ1v) is 11.9. The number of anilines is 1. The molecule has 166 valence electrons. The molecule has 5 rings (SSSR count). The number of aryl methyl sites for hydroxylation is 2. The Hall–Kier alpha value is -3.98. The molecule has 1 N–H and O–H groups in total. The molecular formula is C24H21N5O3S. The minimum absolute atomic E-state index is 0.174. The SMILES string of the molecule is CCn1c(=O)c(-n2nc3ccccc3n2)cc2ccc(NS(=O)(=O)c3ccc(C)cc3)cc21. The Labute approximate surface area is 190 Å². The molecule has 8 nitrogen and oxygen atoms in total. The second-order valence-electron chi connectivity index (χ2n) is 7.75. The topological polar surface area (TPSA) is 98.9 Å². The van der Waals surface area contributed by atoms with Crippen molar-refractivity contribution >= 4 is 37.6 Å². The van der Waals surface area contributed by atoms with Crippen molar-refractivity contribution in [2.45, 2.75) is 25.3 Å². The van der Waals surface area contributed by atoms with Gasteiger partial charge in [-0.15, -0.1) is 15.0 Å². The zero-order chi connectivity index (χ0) is 23.2. The van der Waals surface area contributed by atoms with E-state index in [-0.39, 0.29) is 10.5 Å². The summed E-state index contributed by atoms with van der Waals surface area (Å²) in [6.07, 6.45) is 0. The average molecular weight is 460 g/mol. The standard InChI is InChI=1S/C24H21N5O3S/c1-3-28-22-15-18(27-33(31,32)19-12-8-16(2)9-13-19)11-10-17(22)14-23(24(28)30)29-25-20-6-4-5-7-21(20)26-29/h4-15,27H,3H2,1-2H3. The van der Waals surface area contributed by atoms with Crippen molar-refractivity contribution in [3.05, 3.63) is 88.7 Å². The Kier molecular flexibility index (Phi) is 4.98. The summed E-state index contributed by atoms with van der Waals surface area (Å²) in [4.78, 5) is 14.8. The average Bonchev–Trinajstić information content (AvgIpc) is 3.23. The third kappa shape index (κ3) is 3.76. The van der Waals surface area contributed by atoms with Crippen LogP contribution in [-0.4, -0.2) is 28.0 Å². The zero-order valence-corrected chi connectivity index (χ0v) is 18.9. The summed E-state index contributed by atoms with van der Waals surface area (Å²) in [6, 6.07) is 20.9. The molecule has 0 aliphatic carbocycles. The maximum Gasteiger partial charge on any atom is 0.278 e. The van der Waals surface area contributed by atoms with Gasteiger partial charge >= 0.3 is 0 Å². The van der Waals surface area contributed by atoms with Crippen LogP contribution in [0.2, 0.25) is 0 Å². The van der Waals surface area contributed by atoms with Crippen molar-refractivity contribution in [3.8, 4) is 5.69 Å². The largest absolute Gasteiger partial charge is 0.307 e. The number of hydrogen-bond acceptors (Lipinski definition) is 5. The number of sulfonamides is 1. The fraction of sp³-hybridized carbons (Fsp3) is 0.125. The summed E-state index contributed by atoms with van der Waals surface area (Å²) >= 11 is 0. The summed E-state index contributed by atoms with van der Waals surface area (Å²) in [6.45, 7) is 4.16. The number of fused-ring (bicyclic) bond motifs is 2. The molecule has 0 radical (unpaired) electrons. The molecule has 33 heavy (non-hydrogen) atoms. The Bertz CT molecular complexity index is 1640. The number of benzene rings is 3. The Balaban J connectivity index is 1.59. The van der Waals surface area contributed by atoms with Crippen LogP contribution < -0.4 is 10.3 Å². The van der Waals surface area contributed by atoms with Crippen molar-refractivity contribution < 1.29 is 8.42 Å². The van der Waals surface area contributed by atoms with Crippen LogP contribution in [-0.2, 0) is 16.6 Å². The number of nitrogens with one attached hydrogen (secondary N) is 1. The van der Waals surface area contributed by atoms with Crippen LogP contribution in [0.25, 0.3) is 27.6 Å². The van der Waals surface area contributed by atoms with Gasteiger partial charge in [0.1, 0.15) is 11.0 Å². The van der Waals surface area contributed by atoms with E-state index in [0.29, 0.717) is 34.5 Å². The molecule has 0 unspecified atom stereocenters. The summed E-state index contributed by atoms with van der Waals surface area (Å²) < 4.78 is 29.8. The van der Waals surface area contributed by atoms with Crippen LogP contribution in [0.4, 0.5) is 5.69 Å². The minimum Gasteiger partial charge on any atom is -0.307 e. The minimum atomic E-state index is -3.76. The van der Waals surface area contributed by atoms with Crippen LogP contribution >= 0.6 is 0 Å². The van der Waals surface area contributed by atoms with Crippen LogP contribution in [0.5, 0.6) is 0 Å². The third-order valence-corrected chi connectivity index (χ3v) is 6.88. The summed E-state index contributed by atoms with van der Waals surface area (Å²) in [7, 11) is -3.76. The highest BCUT2D eigenvalue weighted by molar-refractivity contribution is 7.92. The van der Waals surface area contributed by atoms with Crippen LogP contribution in [0.1, 0.15) is 12.5 Å². The Morgan fingerprint density at radius 2 is 1.58 bits per heavy atom.